The van der Waals surface area contributed by atoms with Crippen LogP contribution in [0.4, 0.5) is 0 Å². The first-order chi connectivity index (χ1) is 19.9. The number of carbonyl (C=O) groups is 2. The molecule has 0 bridgehead atoms. The summed E-state index contributed by atoms with van der Waals surface area (Å²) in [5, 5.41) is 12.0. The van der Waals surface area contributed by atoms with Crippen LogP contribution >= 0.6 is 0 Å². The molecule has 222 valence electrons. The predicted molar refractivity (Wildman–Crippen MR) is 147 cm³/mol. The normalized spacial score (nSPS) is 20.8. The second-order valence-corrected chi connectivity index (χ2v) is 10.4. The summed E-state index contributed by atoms with van der Waals surface area (Å²) in [5.41, 5.74) is 1.71. The van der Waals surface area contributed by atoms with E-state index in [1.54, 1.807) is 7.11 Å². The molecule has 11 nitrogen and oxygen atoms in total. The highest BCUT2D eigenvalue weighted by Crippen LogP contribution is 2.47. The Morgan fingerprint density at radius 2 is 1.83 bits per heavy atom. The van der Waals surface area contributed by atoms with Crippen LogP contribution in [0, 0.1) is 5.92 Å². The van der Waals surface area contributed by atoms with Crippen molar-refractivity contribution in [2.75, 3.05) is 46.9 Å². The molecule has 3 heterocycles. The number of ether oxygens (including phenoxy) is 5. The average Bonchev–Trinajstić information content (AvgIpc) is 3.72. The summed E-state index contributed by atoms with van der Waals surface area (Å²) in [6.07, 6.45) is 2.60. The number of carboxylic acid groups (broad SMARTS) is 1. The van der Waals surface area contributed by atoms with E-state index >= 15 is 0 Å². The van der Waals surface area contributed by atoms with Crippen LogP contribution in [0.1, 0.15) is 50.2 Å². The molecule has 0 spiro atoms. The lowest BCUT2D eigenvalue weighted by Crippen LogP contribution is -2.44. The van der Waals surface area contributed by atoms with E-state index in [1.165, 1.54) is 5.06 Å². The van der Waals surface area contributed by atoms with E-state index in [2.05, 4.69) is 0 Å². The number of carbonyl (C=O) groups excluding carboxylic acids is 1. The van der Waals surface area contributed by atoms with E-state index in [-0.39, 0.29) is 26.0 Å². The monoisotopic (exact) mass is 570 g/mol. The van der Waals surface area contributed by atoms with Gasteiger partial charge in [0.25, 0.3) is 5.91 Å². The van der Waals surface area contributed by atoms with Crippen LogP contribution in [0.25, 0.3) is 0 Å². The van der Waals surface area contributed by atoms with E-state index in [9.17, 15) is 14.7 Å². The summed E-state index contributed by atoms with van der Waals surface area (Å²) in [7, 11) is 1.54. The van der Waals surface area contributed by atoms with Crippen LogP contribution in [0.15, 0.2) is 30.3 Å². The van der Waals surface area contributed by atoms with Gasteiger partial charge in [0.1, 0.15) is 0 Å². The number of para-hydroxylation sites is 1. The minimum Gasteiger partial charge on any atom is -0.493 e. The lowest BCUT2D eigenvalue weighted by molar-refractivity contribution is -0.188. The number of benzene rings is 2. The minimum atomic E-state index is -0.919. The van der Waals surface area contributed by atoms with Gasteiger partial charge in [-0.05, 0) is 55.0 Å². The molecule has 2 aromatic carbocycles. The zero-order valence-corrected chi connectivity index (χ0v) is 23.8. The maximum absolute atomic E-state index is 13.5. The molecule has 2 aromatic rings. The van der Waals surface area contributed by atoms with E-state index in [0.29, 0.717) is 61.3 Å². The van der Waals surface area contributed by atoms with Crippen molar-refractivity contribution >= 4 is 11.9 Å². The van der Waals surface area contributed by atoms with Gasteiger partial charge in [-0.3, -0.25) is 19.3 Å². The maximum atomic E-state index is 13.5. The fraction of sp³-hybridized carbons (Fsp3) is 0.533. The highest BCUT2D eigenvalue weighted by Gasteiger charge is 2.47. The van der Waals surface area contributed by atoms with Gasteiger partial charge in [-0.25, -0.2) is 5.06 Å². The zero-order valence-electron chi connectivity index (χ0n) is 23.8. The van der Waals surface area contributed by atoms with Gasteiger partial charge in [0.2, 0.25) is 19.3 Å². The standard InChI is InChI=1S/C30H38N2O9/c1-4-11-32(41-12-5-2)26(33)16-31-15-21(20-13-24(36-3)29-25(14-20)38-18-40-29)27(30(34)35)22(31)10-9-19-7-6-8-23-28(19)39-17-37-23/h6-8,13-14,21-22,27H,4-5,9-12,15-18H2,1-3H3,(H,34,35). The third-order valence-electron chi connectivity index (χ3n) is 7.82. The van der Waals surface area contributed by atoms with Gasteiger partial charge >= 0.3 is 5.97 Å². The van der Waals surface area contributed by atoms with Gasteiger partial charge in [-0.15, -0.1) is 0 Å². The molecule has 5 rings (SSSR count). The number of likely N-dealkylation sites (tertiary alicyclic amines) is 1. The third-order valence-corrected chi connectivity index (χ3v) is 7.82. The van der Waals surface area contributed by atoms with Crippen LogP contribution in [0.5, 0.6) is 28.7 Å². The lowest BCUT2D eigenvalue weighted by Gasteiger charge is -2.29. The van der Waals surface area contributed by atoms with Crippen LogP contribution in [0.3, 0.4) is 0 Å². The van der Waals surface area contributed by atoms with Crippen molar-refractivity contribution in [2.45, 2.75) is 51.5 Å². The minimum absolute atomic E-state index is 0.0445. The summed E-state index contributed by atoms with van der Waals surface area (Å²) in [6.45, 7) is 5.53. The highest BCUT2D eigenvalue weighted by atomic mass is 16.7. The molecule has 0 saturated carbocycles. The topological polar surface area (TPSA) is 116 Å². The SMILES string of the molecule is CCCON(CCC)C(=O)CN1CC(c2cc(OC)c3c(c2)OCO3)C(C(=O)O)C1CCc1cccc2c1OCO2. The third kappa shape index (κ3) is 6.01. The number of aryl methyl sites for hydroxylation is 1. The summed E-state index contributed by atoms with van der Waals surface area (Å²) in [4.78, 5) is 34.1. The van der Waals surface area contributed by atoms with Crippen molar-refractivity contribution in [3.8, 4) is 28.7 Å². The summed E-state index contributed by atoms with van der Waals surface area (Å²) < 4.78 is 28.0. The van der Waals surface area contributed by atoms with Crippen LogP contribution in [0.2, 0.25) is 0 Å². The average molecular weight is 571 g/mol. The number of carboxylic acids is 1. The first-order valence-electron chi connectivity index (χ1n) is 14.2. The summed E-state index contributed by atoms with van der Waals surface area (Å²) in [5.74, 6) is 0.603. The molecule has 3 atom stereocenters. The first-order valence-corrected chi connectivity index (χ1v) is 14.2. The Kier molecular flexibility index (Phi) is 9.04. The number of aliphatic carboxylic acids is 1. The number of rotatable bonds is 13. The zero-order chi connectivity index (χ0) is 28.9. The summed E-state index contributed by atoms with van der Waals surface area (Å²) >= 11 is 0. The fourth-order valence-electron chi connectivity index (χ4n) is 5.96. The van der Waals surface area contributed by atoms with E-state index in [0.717, 1.165) is 24.0 Å². The highest BCUT2D eigenvalue weighted by molar-refractivity contribution is 5.78. The molecule has 3 aliphatic rings. The Morgan fingerprint density at radius 3 is 2.56 bits per heavy atom. The molecule has 1 fully saturated rings. The molecule has 1 saturated heterocycles. The van der Waals surface area contributed by atoms with E-state index in [1.807, 2.05) is 49.1 Å². The van der Waals surface area contributed by atoms with Gasteiger partial charge in [0.05, 0.1) is 26.2 Å². The Labute approximate surface area is 239 Å². The van der Waals surface area contributed by atoms with Gasteiger partial charge in [0.15, 0.2) is 23.0 Å². The number of hydrogen-bond acceptors (Lipinski definition) is 9. The van der Waals surface area contributed by atoms with Crippen LogP contribution < -0.4 is 23.7 Å². The van der Waals surface area contributed by atoms with Crippen molar-refractivity contribution in [3.05, 3.63) is 41.5 Å². The van der Waals surface area contributed by atoms with E-state index in [4.69, 9.17) is 28.5 Å². The van der Waals surface area contributed by atoms with Gasteiger partial charge in [0, 0.05) is 25.0 Å². The second-order valence-electron chi connectivity index (χ2n) is 10.4. The van der Waals surface area contributed by atoms with Crippen LogP contribution in [-0.2, 0) is 20.8 Å². The number of fused-ring (bicyclic) bond motifs is 2. The van der Waals surface area contributed by atoms with Crippen molar-refractivity contribution in [1.82, 2.24) is 9.96 Å². The number of nitrogens with zero attached hydrogens (tertiary/aromatic N) is 2. The smallest absolute Gasteiger partial charge is 0.308 e. The Bertz CT molecular complexity index is 1250. The Morgan fingerprint density at radius 1 is 1.05 bits per heavy atom. The molecule has 0 radical (unpaired) electrons. The molecule has 11 heteroatoms. The largest absolute Gasteiger partial charge is 0.493 e. The molecular formula is C30H38N2O9. The quantitative estimate of drug-likeness (QED) is 0.356. The number of hydrogen-bond donors (Lipinski definition) is 1. The molecular weight excluding hydrogens is 532 g/mol. The van der Waals surface area contributed by atoms with Crippen LogP contribution in [-0.4, -0.2) is 79.9 Å². The molecule has 0 aromatic heterocycles. The molecule has 0 aliphatic carbocycles. The predicted octanol–water partition coefficient (Wildman–Crippen LogP) is 3.83. The van der Waals surface area contributed by atoms with Crippen molar-refractivity contribution < 1.29 is 43.2 Å². The van der Waals surface area contributed by atoms with Crippen molar-refractivity contribution in [2.24, 2.45) is 5.92 Å². The molecule has 1 N–H and O–H groups in total. The first kappa shape index (κ1) is 28.8. The van der Waals surface area contributed by atoms with Crippen molar-refractivity contribution in [3.63, 3.8) is 0 Å². The lowest BCUT2D eigenvalue weighted by atomic mass is 9.83. The number of methoxy groups -OCH3 is 1. The molecule has 3 unspecified atom stereocenters. The fourth-order valence-corrected chi connectivity index (χ4v) is 5.96. The molecule has 41 heavy (non-hydrogen) atoms. The number of hydroxylamine groups is 2. The Hall–Kier alpha value is -3.70. The van der Waals surface area contributed by atoms with E-state index < -0.39 is 23.8 Å². The van der Waals surface area contributed by atoms with Gasteiger partial charge in [-0.1, -0.05) is 26.0 Å². The second kappa shape index (κ2) is 12.9. The molecule has 1 amide bonds. The maximum Gasteiger partial charge on any atom is 0.308 e. The van der Waals surface area contributed by atoms with Gasteiger partial charge < -0.3 is 28.8 Å². The van der Waals surface area contributed by atoms with Crippen molar-refractivity contribution in [1.29, 1.82) is 0 Å². The number of amides is 1. The Balaban J connectivity index is 1.45. The van der Waals surface area contributed by atoms with Gasteiger partial charge in [-0.2, -0.15) is 0 Å². The summed E-state index contributed by atoms with van der Waals surface area (Å²) in [6, 6.07) is 8.95. The molecule has 3 aliphatic heterocycles.